The van der Waals surface area contributed by atoms with Crippen molar-refractivity contribution in [3.8, 4) is 0 Å². The number of methoxy groups -OCH3 is 2. The van der Waals surface area contributed by atoms with Gasteiger partial charge >= 0.3 is 0 Å². The molecule has 0 aromatic heterocycles. The largest absolute Gasteiger partial charge is 0.383 e. The molecule has 0 heterocycles. The van der Waals surface area contributed by atoms with E-state index >= 15 is 0 Å². The zero-order chi connectivity index (χ0) is 12.7. The Balaban J connectivity index is 2.53. The highest BCUT2D eigenvalue weighted by atomic mass is 16.5. The molecule has 0 aromatic carbocycles. The van der Waals surface area contributed by atoms with Crippen LogP contribution >= 0.6 is 0 Å². The van der Waals surface area contributed by atoms with Crippen molar-refractivity contribution in [3.05, 3.63) is 0 Å². The molecule has 4 nitrogen and oxygen atoms in total. The topological polar surface area (TPSA) is 47.7 Å². The van der Waals surface area contributed by atoms with Crippen molar-refractivity contribution in [2.45, 2.75) is 31.7 Å². The van der Waals surface area contributed by atoms with Gasteiger partial charge < -0.3 is 15.2 Å². The van der Waals surface area contributed by atoms with E-state index < -0.39 is 0 Å². The SMILES string of the molecule is COCCN(CCOC)C(C)(CN)CC1CC1. The second-order valence-electron chi connectivity index (χ2n) is 5.32. The van der Waals surface area contributed by atoms with Crippen LogP contribution in [0.3, 0.4) is 0 Å². The average molecular weight is 244 g/mol. The molecule has 1 aliphatic carbocycles. The first kappa shape index (κ1) is 14.9. The monoisotopic (exact) mass is 244 g/mol. The summed E-state index contributed by atoms with van der Waals surface area (Å²) < 4.78 is 10.4. The van der Waals surface area contributed by atoms with Gasteiger partial charge in [-0.2, -0.15) is 0 Å². The lowest BCUT2D eigenvalue weighted by Crippen LogP contribution is -2.54. The molecule has 4 heteroatoms. The minimum Gasteiger partial charge on any atom is -0.383 e. The number of hydrogen-bond acceptors (Lipinski definition) is 4. The van der Waals surface area contributed by atoms with Crippen LogP contribution in [0.1, 0.15) is 26.2 Å². The predicted molar refractivity (Wildman–Crippen MR) is 70.1 cm³/mol. The lowest BCUT2D eigenvalue weighted by molar-refractivity contribution is 0.0386. The highest BCUT2D eigenvalue weighted by molar-refractivity contribution is 4.93. The number of hydrogen-bond donors (Lipinski definition) is 1. The van der Waals surface area contributed by atoms with Crippen LogP contribution in [-0.4, -0.2) is 57.5 Å². The van der Waals surface area contributed by atoms with Gasteiger partial charge in [-0.1, -0.05) is 12.8 Å². The van der Waals surface area contributed by atoms with Crippen molar-refractivity contribution in [3.63, 3.8) is 0 Å². The molecular formula is C13H28N2O2. The molecule has 17 heavy (non-hydrogen) atoms. The fraction of sp³-hybridized carbons (Fsp3) is 1.00. The van der Waals surface area contributed by atoms with Crippen LogP contribution in [0.5, 0.6) is 0 Å². The summed E-state index contributed by atoms with van der Waals surface area (Å²) in [5.74, 6) is 0.885. The summed E-state index contributed by atoms with van der Waals surface area (Å²) in [5, 5.41) is 0. The van der Waals surface area contributed by atoms with Gasteiger partial charge in [0.2, 0.25) is 0 Å². The van der Waals surface area contributed by atoms with E-state index in [1.165, 1.54) is 19.3 Å². The van der Waals surface area contributed by atoms with Gasteiger partial charge in [-0.25, -0.2) is 0 Å². The van der Waals surface area contributed by atoms with Crippen LogP contribution in [0, 0.1) is 5.92 Å². The minimum absolute atomic E-state index is 0.0955. The standard InChI is InChI=1S/C13H28N2O2/c1-13(11-14,10-12-4-5-12)15(6-8-16-2)7-9-17-3/h12H,4-11,14H2,1-3H3. The van der Waals surface area contributed by atoms with E-state index in [-0.39, 0.29) is 5.54 Å². The molecule has 0 saturated heterocycles. The second kappa shape index (κ2) is 7.31. The molecule has 1 unspecified atom stereocenters. The molecule has 1 fully saturated rings. The van der Waals surface area contributed by atoms with Crippen molar-refractivity contribution < 1.29 is 9.47 Å². The van der Waals surface area contributed by atoms with Crippen LogP contribution < -0.4 is 5.73 Å². The van der Waals surface area contributed by atoms with Gasteiger partial charge in [-0.05, 0) is 19.3 Å². The third kappa shape index (κ3) is 4.92. The van der Waals surface area contributed by atoms with Crippen LogP contribution in [0.4, 0.5) is 0 Å². The lowest BCUT2D eigenvalue weighted by Gasteiger charge is -2.41. The van der Waals surface area contributed by atoms with Crippen LogP contribution in [0.2, 0.25) is 0 Å². The average Bonchev–Trinajstić information content (AvgIpc) is 3.12. The van der Waals surface area contributed by atoms with E-state index in [1.54, 1.807) is 14.2 Å². The summed E-state index contributed by atoms with van der Waals surface area (Å²) in [6, 6.07) is 0. The quantitative estimate of drug-likeness (QED) is 0.625. The normalized spacial score (nSPS) is 19.6. The molecule has 1 rings (SSSR count). The number of ether oxygens (including phenoxy) is 2. The Kier molecular flexibility index (Phi) is 6.41. The Morgan fingerprint density at radius 3 is 2.06 bits per heavy atom. The number of rotatable bonds is 10. The van der Waals surface area contributed by atoms with Crippen LogP contribution in [0.25, 0.3) is 0 Å². The predicted octanol–water partition coefficient (Wildman–Crippen LogP) is 1.10. The lowest BCUT2D eigenvalue weighted by atomic mass is 9.92. The second-order valence-corrected chi connectivity index (χ2v) is 5.32. The fourth-order valence-electron chi connectivity index (χ4n) is 2.34. The molecule has 0 spiro atoms. The van der Waals surface area contributed by atoms with E-state index in [2.05, 4.69) is 11.8 Å². The van der Waals surface area contributed by atoms with E-state index in [0.717, 1.165) is 32.2 Å². The summed E-state index contributed by atoms with van der Waals surface area (Å²) in [5.41, 5.74) is 6.10. The zero-order valence-corrected chi connectivity index (χ0v) is 11.6. The van der Waals surface area contributed by atoms with Gasteiger partial charge in [0.25, 0.3) is 0 Å². The van der Waals surface area contributed by atoms with Crippen molar-refractivity contribution in [1.82, 2.24) is 4.90 Å². The molecular weight excluding hydrogens is 216 g/mol. The first-order valence-corrected chi connectivity index (χ1v) is 6.59. The van der Waals surface area contributed by atoms with E-state index in [9.17, 15) is 0 Å². The zero-order valence-electron chi connectivity index (χ0n) is 11.6. The Morgan fingerprint density at radius 1 is 1.18 bits per heavy atom. The highest BCUT2D eigenvalue weighted by Gasteiger charge is 2.36. The molecule has 0 amide bonds. The van der Waals surface area contributed by atoms with E-state index in [1.807, 2.05) is 0 Å². The Bertz CT molecular complexity index is 202. The van der Waals surface area contributed by atoms with Gasteiger partial charge in [0.1, 0.15) is 0 Å². The summed E-state index contributed by atoms with van der Waals surface area (Å²) in [6.45, 7) is 6.35. The molecule has 1 atom stereocenters. The van der Waals surface area contributed by atoms with Gasteiger partial charge in [-0.3, -0.25) is 4.90 Å². The maximum absolute atomic E-state index is 6.00. The Morgan fingerprint density at radius 2 is 1.71 bits per heavy atom. The van der Waals surface area contributed by atoms with Crippen LogP contribution in [-0.2, 0) is 9.47 Å². The maximum atomic E-state index is 6.00. The summed E-state index contributed by atoms with van der Waals surface area (Å²) in [7, 11) is 3.49. The minimum atomic E-state index is 0.0955. The summed E-state index contributed by atoms with van der Waals surface area (Å²) >= 11 is 0. The first-order valence-electron chi connectivity index (χ1n) is 6.59. The molecule has 2 N–H and O–H groups in total. The molecule has 0 aliphatic heterocycles. The van der Waals surface area contributed by atoms with Gasteiger partial charge in [0, 0.05) is 39.4 Å². The molecule has 0 radical (unpaired) electrons. The third-order valence-electron chi connectivity index (χ3n) is 3.76. The Hall–Kier alpha value is -0.160. The van der Waals surface area contributed by atoms with Crippen molar-refractivity contribution >= 4 is 0 Å². The summed E-state index contributed by atoms with van der Waals surface area (Å²) in [4.78, 5) is 2.43. The van der Waals surface area contributed by atoms with Crippen molar-refractivity contribution in [2.24, 2.45) is 11.7 Å². The number of nitrogens with zero attached hydrogens (tertiary/aromatic N) is 1. The molecule has 0 bridgehead atoms. The van der Waals surface area contributed by atoms with E-state index in [0.29, 0.717) is 6.54 Å². The van der Waals surface area contributed by atoms with Gasteiger partial charge in [0.05, 0.1) is 13.2 Å². The molecule has 102 valence electrons. The Labute approximate surface area is 105 Å². The first-order chi connectivity index (χ1) is 8.16. The third-order valence-corrected chi connectivity index (χ3v) is 3.76. The highest BCUT2D eigenvalue weighted by Crippen LogP contribution is 2.38. The van der Waals surface area contributed by atoms with Crippen molar-refractivity contribution in [1.29, 1.82) is 0 Å². The molecule has 0 aromatic rings. The van der Waals surface area contributed by atoms with Crippen molar-refractivity contribution in [2.75, 3.05) is 47.1 Å². The van der Waals surface area contributed by atoms with Gasteiger partial charge in [-0.15, -0.1) is 0 Å². The smallest absolute Gasteiger partial charge is 0.0589 e. The van der Waals surface area contributed by atoms with Crippen LogP contribution in [0.15, 0.2) is 0 Å². The van der Waals surface area contributed by atoms with Gasteiger partial charge in [0.15, 0.2) is 0 Å². The molecule has 1 aliphatic rings. The maximum Gasteiger partial charge on any atom is 0.0589 e. The fourth-order valence-corrected chi connectivity index (χ4v) is 2.34. The molecule has 1 saturated carbocycles. The number of nitrogens with two attached hydrogens (primary N) is 1. The van der Waals surface area contributed by atoms with E-state index in [4.69, 9.17) is 15.2 Å². The summed E-state index contributed by atoms with van der Waals surface area (Å²) in [6.07, 6.45) is 3.95.